The minimum Gasteiger partial charge on any atom is -0.462 e. The molecule has 29 heavy (non-hydrogen) atoms. The zero-order valence-electron chi connectivity index (χ0n) is 16.3. The van der Waals surface area contributed by atoms with Crippen LogP contribution in [0.25, 0.3) is 10.2 Å². The maximum absolute atomic E-state index is 12.3. The minimum absolute atomic E-state index is 0.0717. The first-order valence-electron chi connectivity index (χ1n) is 9.09. The summed E-state index contributed by atoms with van der Waals surface area (Å²) < 4.78 is 5.10. The number of hydrogen-bond donors (Lipinski definition) is 2. The highest BCUT2D eigenvalue weighted by Crippen LogP contribution is 2.27. The van der Waals surface area contributed by atoms with Crippen LogP contribution in [0.2, 0.25) is 0 Å². The van der Waals surface area contributed by atoms with Gasteiger partial charge in [0.1, 0.15) is 4.83 Å². The van der Waals surface area contributed by atoms with Crippen molar-refractivity contribution in [1.82, 2.24) is 9.97 Å². The molecule has 2 N–H and O–H groups in total. The highest BCUT2D eigenvalue weighted by molar-refractivity contribution is 7.99. The van der Waals surface area contributed by atoms with Crippen LogP contribution in [0.5, 0.6) is 0 Å². The standard InChI is InChI=1S/C20H21N3O4S2/c1-4-8-27-19(26)13-6-5-7-14(9-13)21-15(24)10-28-20-22-17(25)16-11(2)12(3)29-18(16)23-20/h5-7,9H,4,8,10H2,1-3H3,(H,21,24)(H,22,23,25). The number of benzene rings is 1. The van der Waals surface area contributed by atoms with E-state index in [1.807, 2.05) is 20.8 Å². The summed E-state index contributed by atoms with van der Waals surface area (Å²) in [5.74, 6) is -0.619. The van der Waals surface area contributed by atoms with E-state index in [-0.39, 0.29) is 17.2 Å². The van der Waals surface area contributed by atoms with Crippen molar-refractivity contribution in [1.29, 1.82) is 0 Å². The number of aromatic amines is 1. The summed E-state index contributed by atoms with van der Waals surface area (Å²) in [6, 6.07) is 6.59. The van der Waals surface area contributed by atoms with Gasteiger partial charge in [-0.2, -0.15) is 0 Å². The average molecular weight is 432 g/mol. The zero-order valence-corrected chi connectivity index (χ0v) is 18.0. The lowest BCUT2D eigenvalue weighted by molar-refractivity contribution is -0.113. The Morgan fingerprint density at radius 1 is 1.31 bits per heavy atom. The summed E-state index contributed by atoms with van der Waals surface area (Å²) in [4.78, 5) is 45.4. The Labute approximate surface area is 175 Å². The average Bonchev–Trinajstić information content (AvgIpc) is 2.98. The number of amides is 1. The Bertz CT molecular complexity index is 1120. The van der Waals surface area contributed by atoms with Gasteiger partial charge in [-0.25, -0.2) is 9.78 Å². The topological polar surface area (TPSA) is 101 Å². The molecular weight excluding hydrogens is 410 g/mol. The fraction of sp³-hybridized carbons (Fsp3) is 0.300. The maximum Gasteiger partial charge on any atom is 0.338 e. The number of nitrogens with zero attached hydrogens (tertiary/aromatic N) is 1. The van der Waals surface area contributed by atoms with Gasteiger partial charge in [0, 0.05) is 10.6 Å². The second-order valence-corrected chi connectivity index (χ2v) is 8.56. The third-order valence-corrected chi connectivity index (χ3v) is 6.15. The number of anilines is 1. The van der Waals surface area contributed by atoms with Crippen LogP contribution in [0.3, 0.4) is 0 Å². The van der Waals surface area contributed by atoms with Gasteiger partial charge in [-0.05, 0) is 44.0 Å². The molecular formula is C20H21N3O4S2. The first-order valence-corrected chi connectivity index (χ1v) is 10.9. The van der Waals surface area contributed by atoms with E-state index in [9.17, 15) is 14.4 Å². The number of hydrogen-bond acceptors (Lipinski definition) is 7. The largest absolute Gasteiger partial charge is 0.462 e. The Morgan fingerprint density at radius 3 is 2.86 bits per heavy atom. The molecule has 9 heteroatoms. The number of rotatable bonds is 7. The van der Waals surface area contributed by atoms with Crippen LogP contribution in [0.4, 0.5) is 5.69 Å². The second kappa shape index (κ2) is 9.23. The molecule has 0 radical (unpaired) electrons. The summed E-state index contributed by atoms with van der Waals surface area (Å²) in [5, 5.41) is 3.75. The lowest BCUT2D eigenvalue weighted by Gasteiger charge is -2.07. The van der Waals surface area contributed by atoms with Gasteiger partial charge in [-0.1, -0.05) is 24.8 Å². The number of esters is 1. The van der Waals surface area contributed by atoms with E-state index in [2.05, 4.69) is 15.3 Å². The monoisotopic (exact) mass is 431 g/mol. The molecule has 1 amide bonds. The molecule has 0 saturated heterocycles. The molecule has 0 atom stereocenters. The van der Waals surface area contributed by atoms with E-state index >= 15 is 0 Å². The van der Waals surface area contributed by atoms with Crippen LogP contribution in [0.1, 0.15) is 34.1 Å². The van der Waals surface area contributed by atoms with Crippen LogP contribution >= 0.6 is 23.1 Å². The smallest absolute Gasteiger partial charge is 0.338 e. The number of carbonyl (C=O) groups is 2. The van der Waals surface area contributed by atoms with Gasteiger partial charge in [0.25, 0.3) is 5.56 Å². The molecule has 3 aromatic rings. The van der Waals surface area contributed by atoms with Crippen LogP contribution in [0, 0.1) is 13.8 Å². The summed E-state index contributed by atoms with van der Waals surface area (Å²) >= 11 is 2.61. The SMILES string of the molecule is CCCOC(=O)c1cccc(NC(=O)CSc2nc3sc(C)c(C)c3c(=O)[nH]2)c1. The quantitative estimate of drug-likeness (QED) is 0.334. The van der Waals surface area contributed by atoms with Crippen LogP contribution < -0.4 is 10.9 Å². The van der Waals surface area contributed by atoms with Gasteiger partial charge in [0.2, 0.25) is 5.91 Å². The van der Waals surface area contributed by atoms with Gasteiger partial charge < -0.3 is 15.0 Å². The van der Waals surface area contributed by atoms with Crippen molar-refractivity contribution in [3.63, 3.8) is 0 Å². The normalized spacial score (nSPS) is 10.9. The number of ether oxygens (including phenoxy) is 1. The van der Waals surface area contributed by atoms with Crippen molar-refractivity contribution >= 4 is 50.9 Å². The molecule has 152 valence electrons. The van der Waals surface area contributed by atoms with Gasteiger partial charge in [-0.3, -0.25) is 9.59 Å². The van der Waals surface area contributed by atoms with Crippen molar-refractivity contribution in [2.75, 3.05) is 17.7 Å². The van der Waals surface area contributed by atoms with Crippen LogP contribution in [0.15, 0.2) is 34.2 Å². The molecule has 0 spiro atoms. The number of fused-ring (bicyclic) bond motifs is 1. The van der Waals surface area contributed by atoms with Gasteiger partial charge in [0.05, 0.1) is 23.3 Å². The number of H-pyrrole nitrogens is 1. The molecule has 0 saturated carbocycles. The number of nitrogens with one attached hydrogen (secondary N) is 2. The van der Waals surface area contributed by atoms with Gasteiger partial charge >= 0.3 is 5.97 Å². The minimum atomic E-state index is -0.422. The van der Waals surface area contributed by atoms with E-state index < -0.39 is 5.97 Å². The highest BCUT2D eigenvalue weighted by Gasteiger charge is 2.13. The summed E-state index contributed by atoms with van der Waals surface area (Å²) in [7, 11) is 0. The molecule has 0 aliphatic carbocycles. The third-order valence-electron chi connectivity index (χ3n) is 4.18. The predicted molar refractivity (Wildman–Crippen MR) is 116 cm³/mol. The van der Waals surface area contributed by atoms with Crippen molar-refractivity contribution in [3.05, 3.63) is 50.6 Å². The zero-order chi connectivity index (χ0) is 21.0. The molecule has 2 heterocycles. The van der Waals surface area contributed by atoms with Crippen molar-refractivity contribution in [2.45, 2.75) is 32.3 Å². The van der Waals surface area contributed by atoms with Crippen LogP contribution in [-0.4, -0.2) is 34.2 Å². The van der Waals surface area contributed by atoms with E-state index in [1.165, 1.54) is 11.3 Å². The predicted octanol–water partition coefficient (Wildman–Crippen LogP) is 3.90. The molecule has 0 unspecified atom stereocenters. The van der Waals surface area contributed by atoms with Gasteiger partial charge in [-0.15, -0.1) is 11.3 Å². The van der Waals surface area contributed by atoms with Crippen molar-refractivity contribution in [3.8, 4) is 0 Å². The Kier molecular flexibility index (Phi) is 6.71. The van der Waals surface area contributed by atoms with E-state index in [0.29, 0.717) is 33.2 Å². The van der Waals surface area contributed by atoms with Crippen molar-refractivity contribution in [2.24, 2.45) is 0 Å². The molecule has 0 fully saturated rings. The summed E-state index contributed by atoms with van der Waals surface area (Å²) in [6.45, 7) is 6.12. The maximum atomic E-state index is 12.3. The molecule has 0 bridgehead atoms. The first-order chi connectivity index (χ1) is 13.9. The van der Waals surface area contributed by atoms with Gasteiger partial charge in [0.15, 0.2) is 5.16 Å². The van der Waals surface area contributed by atoms with E-state index in [4.69, 9.17) is 4.74 Å². The number of aromatic nitrogens is 2. The number of thioether (sulfide) groups is 1. The second-order valence-electron chi connectivity index (χ2n) is 6.39. The number of thiophene rings is 1. The van der Waals surface area contributed by atoms with E-state index in [1.54, 1.807) is 24.3 Å². The first kappa shape index (κ1) is 21.1. The highest BCUT2D eigenvalue weighted by atomic mass is 32.2. The molecule has 1 aromatic carbocycles. The number of aryl methyl sites for hydroxylation is 2. The Balaban J connectivity index is 1.64. The molecule has 0 aliphatic heterocycles. The lowest BCUT2D eigenvalue weighted by atomic mass is 10.2. The Morgan fingerprint density at radius 2 is 2.10 bits per heavy atom. The Hall–Kier alpha value is -2.65. The molecule has 7 nitrogen and oxygen atoms in total. The number of carbonyl (C=O) groups excluding carboxylic acids is 2. The van der Waals surface area contributed by atoms with E-state index in [0.717, 1.165) is 28.6 Å². The summed E-state index contributed by atoms with van der Waals surface area (Å²) in [5.41, 5.74) is 1.62. The molecule has 2 aromatic heterocycles. The third kappa shape index (κ3) is 5.04. The summed E-state index contributed by atoms with van der Waals surface area (Å²) in [6.07, 6.45) is 0.742. The molecule has 0 aliphatic rings. The fourth-order valence-electron chi connectivity index (χ4n) is 2.64. The molecule has 3 rings (SSSR count). The van der Waals surface area contributed by atoms with Crippen molar-refractivity contribution < 1.29 is 14.3 Å². The lowest BCUT2D eigenvalue weighted by Crippen LogP contribution is -2.16. The van der Waals surface area contributed by atoms with Crippen LogP contribution in [-0.2, 0) is 9.53 Å². The fourth-order valence-corrected chi connectivity index (χ4v) is 4.38.